The predicted octanol–water partition coefficient (Wildman–Crippen LogP) is -1.43. The molecule has 132 valence electrons. The number of carboxylic acids is 1. The van der Waals surface area contributed by atoms with Crippen LogP contribution in [0, 0.1) is 5.92 Å². The highest BCUT2D eigenvalue weighted by Crippen LogP contribution is 2.05. The minimum atomic E-state index is -1.13. The summed E-state index contributed by atoms with van der Waals surface area (Å²) in [6.07, 6.45) is 0.282. The van der Waals surface area contributed by atoms with Gasteiger partial charge in [0.25, 0.3) is 0 Å². The molecule has 6 N–H and O–H groups in total. The highest BCUT2D eigenvalue weighted by Gasteiger charge is 2.25. The number of carboxylic acid groups (broad SMARTS) is 1. The molecule has 9 nitrogen and oxygen atoms in total. The molecule has 0 radical (unpaired) electrons. The number of hydrogen-bond donors (Lipinski definition) is 5. The standard InChI is InChI=1S/C14H26N4O5/c1-7(2)5-10(14(22)23)18-13(21)9(4)17-12(20)8(3)16-11(19)6-15/h7-10H,5-6,15H2,1-4H3,(H,16,19)(H,17,20)(H,18,21)(H,22,23)/t8-,9-,10-/m0/s1. The Morgan fingerprint density at radius 2 is 1.39 bits per heavy atom. The molecule has 3 atom stereocenters. The SMILES string of the molecule is CC(C)C[C@H](NC(=O)[C@H](C)NC(=O)[C@H](C)NC(=O)CN)C(=O)O. The minimum Gasteiger partial charge on any atom is -0.480 e. The summed E-state index contributed by atoms with van der Waals surface area (Å²) in [5.41, 5.74) is 5.13. The monoisotopic (exact) mass is 330 g/mol. The van der Waals surface area contributed by atoms with Gasteiger partial charge in [-0.3, -0.25) is 14.4 Å². The normalized spacial score (nSPS) is 14.5. The molecule has 0 spiro atoms. The summed E-state index contributed by atoms with van der Waals surface area (Å²) in [7, 11) is 0. The van der Waals surface area contributed by atoms with Gasteiger partial charge in [-0.15, -0.1) is 0 Å². The van der Waals surface area contributed by atoms with E-state index in [1.807, 2.05) is 13.8 Å². The summed E-state index contributed by atoms with van der Waals surface area (Å²) in [6.45, 7) is 6.32. The van der Waals surface area contributed by atoms with E-state index in [0.717, 1.165) is 0 Å². The summed E-state index contributed by atoms with van der Waals surface area (Å²) in [5, 5.41) is 16.2. The number of aliphatic carboxylic acids is 1. The van der Waals surface area contributed by atoms with E-state index < -0.39 is 41.8 Å². The van der Waals surface area contributed by atoms with Crippen LogP contribution in [0.5, 0.6) is 0 Å². The van der Waals surface area contributed by atoms with Crippen molar-refractivity contribution in [2.45, 2.75) is 52.2 Å². The fraction of sp³-hybridized carbons (Fsp3) is 0.714. The molecule has 0 rings (SSSR count). The molecule has 0 fully saturated rings. The molecule has 0 unspecified atom stereocenters. The van der Waals surface area contributed by atoms with Crippen LogP contribution in [0.2, 0.25) is 0 Å². The second-order valence-corrected chi connectivity index (χ2v) is 5.75. The van der Waals surface area contributed by atoms with Crippen LogP contribution in [0.1, 0.15) is 34.1 Å². The zero-order chi connectivity index (χ0) is 18.2. The van der Waals surface area contributed by atoms with Crippen molar-refractivity contribution in [2.75, 3.05) is 6.54 Å². The smallest absolute Gasteiger partial charge is 0.326 e. The number of rotatable bonds is 9. The predicted molar refractivity (Wildman–Crippen MR) is 83.3 cm³/mol. The third-order valence-corrected chi connectivity index (χ3v) is 3.03. The Balaban J connectivity index is 4.56. The number of amides is 3. The first-order valence-corrected chi connectivity index (χ1v) is 7.41. The molecule has 3 amide bonds. The van der Waals surface area contributed by atoms with Crippen LogP contribution in [0.4, 0.5) is 0 Å². The van der Waals surface area contributed by atoms with Gasteiger partial charge in [0, 0.05) is 0 Å². The van der Waals surface area contributed by atoms with Crippen LogP contribution in [-0.4, -0.2) is 53.5 Å². The van der Waals surface area contributed by atoms with E-state index >= 15 is 0 Å². The maximum Gasteiger partial charge on any atom is 0.326 e. The fourth-order valence-corrected chi connectivity index (χ4v) is 1.76. The van der Waals surface area contributed by atoms with Crippen LogP contribution < -0.4 is 21.7 Å². The van der Waals surface area contributed by atoms with Crippen LogP contribution in [0.3, 0.4) is 0 Å². The molecule has 0 aliphatic rings. The quantitative estimate of drug-likeness (QED) is 0.350. The van der Waals surface area contributed by atoms with Crippen molar-refractivity contribution in [3.63, 3.8) is 0 Å². The summed E-state index contributed by atoms with van der Waals surface area (Å²) in [5.74, 6) is -2.71. The molecule has 0 heterocycles. The van der Waals surface area contributed by atoms with Crippen molar-refractivity contribution in [3.05, 3.63) is 0 Å². The lowest BCUT2D eigenvalue weighted by Gasteiger charge is -2.21. The minimum absolute atomic E-state index is 0.0906. The van der Waals surface area contributed by atoms with E-state index in [4.69, 9.17) is 10.8 Å². The summed E-state index contributed by atoms with van der Waals surface area (Å²) in [6, 6.07) is -2.81. The summed E-state index contributed by atoms with van der Waals surface area (Å²) < 4.78 is 0. The lowest BCUT2D eigenvalue weighted by Crippen LogP contribution is -2.54. The Morgan fingerprint density at radius 3 is 1.83 bits per heavy atom. The fourth-order valence-electron chi connectivity index (χ4n) is 1.76. The number of hydrogen-bond acceptors (Lipinski definition) is 5. The lowest BCUT2D eigenvalue weighted by molar-refractivity contribution is -0.142. The van der Waals surface area contributed by atoms with E-state index in [1.165, 1.54) is 13.8 Å². The van der Waals surface area contributed by atoms with Gasteiger partial charge < -0.3 is 26.8 Å². The second-order valence-electron chi connectivity index (χ2n) is 5.75. The Hall–Kier alpha value is -2.16. The largest absolute Gasteiger partial charge is 0.480 e. The molecule has 0 aliphatic carbocycles. The van der Waals surface area contributed by atoms with E-state index in [1.54, 1.807) is 0 Å². The van der Waals surface area contributed by atoms with Crippen LogP contribution in [0.25, 0.3) is 0 Å². The van der Waals surface area contributed by atoms with Crippen molar-refractivity contribution in [3.8, 4) is 0 Å². The topological polar surface area (TPSA) is 151 Å². The first-order valence-electron chi connectivity index (χ1n) is 7.41. The third-order valence-electron chi connectivity index (χ3n) is 3.03. The summed E-state index contributed by atoms with van der Waals surface area (Å²) >= 11 is 0. The van der Waals surface area contributed by atoms with Gasteiger partial charge in [-0.05, 0) is 26.2 Å². The van der Waals surface area contributed by atoms with Crippen LogP contribution >= 0.6 is 0 Å². The molecule has 0 aromatic heterocycles. The molecule has 23 heavy (non-hydrogen) atoms. The average Bonchev–Trinajstić information content (AvgIpc) is 2.45. The molecule has 0 aliphatic heterocycles. The van der Waals surface area contributed by atoms with E-state index in [2.05, 4.69) is 16.0 Å². The van der Waals surface area contributed by atoms with Gasteiger partial charge in [0.05, 0.1) is 6.54 Å². The Kier molecular flexibility index (Phi) is 8.86. The molecule has 0 aromatic carbocycles. The molecule has 0 saturated heterocycles. The van der Waals surface area contributed by atoms with Crippen LogP contribution in [0.15, 0.2) is 0 Å². The Labute approximate surface area is 135 Å². The second kappa shape index (κ2) is 9.78. The highest BCUT2D eigenvalue weighted by molar-refractivity contribution is 5.93. The molecular weight excluding hydrogens is 304 g/mol. The third kappa shape index (κ3) is 8.15. The molecule has 0 saturated carbocycles. The number of nitrogens with two attached hydrogens (primary N) is 1. The van der Waals surface area contributed by atoms with Crippen molar-refractivity contribution in [2.24, 2.45) is 11.7 Å². The first-order chi connectivity index (χ1) is 10.6. The van der Waals surface area contributed by atoms with E-state index in [9.17, 15) is 19.2 Å². The first kappa shape index (κ1) is 20.8. The number of carbonyl (C=O) groups is 4. The van der Waals surface area contributed by atoms with Crippen molar-refractivity contribution < 1.29 is 24.3 Å². The van der Waals surface area contributed by atoms with Gasteiger partial charge in [0.1, 0.15) is 18.1 Å². The number of nitrogens with one attached hydrogen (secondary N) is 3. The molecule has 0 bridgehead atoms. The van der Waals surface area contributed by atoms with Crippen molar-refractivity contribution in [1.29, 1.82) is 0 Å². The van der Waals surface area contributed by atoms with Gasteiger partial charge in [-0.25, -0.2) is 4.79 Å². The van der Waals surface area contributed by atoms with Crippen molar-refractivity contribution in [1.82, 2.24) is 16.0 Å². The van der Waals surface area contributed by atoms with Gasteiger partial charge >= 0.3 is 5.97 Å². The highest BCUT2D eigenvalue weighted by atomic mass is 16.4. The van der Waals surface area contributed by atoms with Gasteiger partial charge in [-0.1, -0.05) is 13.8 Å². The maximum atomic E-state index is 12.0. The maximum absolute atomic E-state index is 12.0. The van der Waals surface area contributed by atoms with Gasteiger partial charge in [0.15, 0.2) is 0 Å². The van der Waals surface area contributed by atoms with Gasteiger partial charge in [0.2, 0.25) is 17.7 Å². The van der Waals surface area contributed by atoms with Crippen molar-refractivity contribution >= 4 is 23.7 Å². The van der Waals surface area contributed by atoms with Gasteiger partial charge in [-0.2, -0.15) is 0 Å². The molecule has 9 heteroatoms. The molecular formula is C14H26N4O5. The van der Waals surface area contributed by atoms with Crippen LogP contribution in [-0.2, 0) is 19.2 Å². The Bertz CT molecular complexity index is 452. The lowest BCUT2D eigenvalue weighted by atomic mass is 10.0. The van der Waals surface area contributed by atoms with E-state index in [-0.39, 0.29) is 18.9 Å². The van der Waals surface area contributed by atoms with E-state index in [0.29, 0.717) is 0 Å². The zero-order valence-electron chi connectivity index (χ0n) is 13.9. The summed E-state index contributed by atoms with van der Waals surface area (Å²) in [4.78, 5) is 46.0. The zero-order valence-corrected chi connectivity index (χ0v) is 13.9. The Morgan fingerprint density at radius 1 is 0.913 bits per heavy atom. The average molecular weight is 330 g/mol. The number of carbonyl (C=O) groups excluding carboxylic acids is 3. The molecule has 0 aromatic rings.